The van der Waals surface area contributed by atoms with E-state index < -0.39 is 66.2 Å². The van der Waals surface area contributed by atoms with Crippen molar-refractivity contribution in [3.05, 3.63) is 71.9 Å². The maximum atomic E-state index is 13.7. The summed E-state index contributed by atoms with van der Waals surface area (Å²) < 4.78 is 0. The lowest BCUT2D eigenvalue weighted by Crippen LogP contribution is -2.58. The number of carbonyl (C=O) groups is 5. The second-order valence-electron chi connectivity index (χ2n) is 10.1. The third-order valence-corrected chi connectivity index (χ3v) is 6.61. The molecular weight excluding hydrogens is 530 g/mol. The van der Waals surface area contributed by atoms with Crippen LogP contribution in [0.1, 0.15) is 31.4 Å². The molecule has 0 aliphatic heterocycles. The largest absolute Gasteiger partial charge is 0.481 e. The summed E-state index contributed by atoms with van der Waals surface area (Å²) >= 11 is 0. The van der Waals surface area contributed by atoms with Gasteiger partial charge >= 0.3 is 11.9 Å². The quantitative estimate of drug-likeness (QED) is 0.150. The van der Waals surface area contributed by atoms with Gasteiger partial charge in [-0.15, -0.1) is 0 Å². The number of carbonyl (C=O) groups excluding carboxylic acids is 3. The molecule has 1 heterocycles. The van der Waals surface area contributed by atoms with Gasteiger partial charge in [0.1, 0.15) is 18.1 Å². The molecule has 0 aliphatic carbocycles. The van der Waals surface area contributed by atoms with Gasteiger partial charge in [0.25, 0.3) is 0 Å². The topological polar surface area (TPSA) is 204 Å². The highest BCUT2D eigenvalue weighted by Crippen LogP contribution is 2.19. The summed E-state index contributed by atoms with van der Waals surface area (Å²) in [7, 11) is 0. The van der Waals surface area contributed by atoms with Crippen molar-refractivity contribution >= 4 is 40.6 Å². The fraction of sp³-hybridized carbons (Fsp3) is 0.345. The molecule has 3 rings (SSSR count). The molecule has 3 amide bonds. The smallest absolute Gasteiger partial charge is 0.326 e. The molecule has 0 saturated heterocycles. The van der Waals surface area contributed by atoms with Gasteiger partial charge in [-0.3, -0.25) is 19.2 Å². The molecule has 8 N–H and O–H groups in total. The van der Waals surface area contributed by atoms with Gasteiger partial charge in [0.15, 0.2) is 0 Å². The number of benzene rings is 2. The summed E-state index contributed by atoms with van der Waals surface area (Å²) in [5.41, 5.74) is 7.96. The van der Waals surface area contributed by atoms with Crippen molar-refractivity contribution in [3.63, 3.8) is 0 Å². The molecule has 0 fully saturated rings. The monoisotopic (exact) mass is 565 g/mol. The molecule has 218 valence electrons. The lowest BCUT2D eigenvalue weighted by molar-refractivity contribution is -0.143. The summed E-state index contributed by atoms with van der Waals surface area (Å²) in [6.45, 7) is 3.30. The van der Waals surface area contributed by atoms with E-state index in [2.05, 4.69) is 20.9 Å². The Morgan fingerprint density at radius 2 is 1.39 bits per heavy atom. The van der Waals surface area contributed by atoms with Crippen LogP contribution in [0.3, 0.4) is 0 Å². The minimum atomic E-state index is -1.41. The van der Waals surface area contributed by atoms with Crippen molar-refractivity contribution in [1.29, 1.82) is 0 Å². The van der Waals surface area contributed by atoms with Gasteiger partial charge in [-0.05, 0) is 23.1 Å². The highest BCUT2D eigenvalue weighted by Gasteiger charge is 2.32. The number of amides is 3. The Morgan fingerprint density at radius 3 is 2.02 bits per heavy atom. The van der Waals surface area contributed by atoms with Crippen molar-refractivity contribution in [2.24, 2.45) is 11.7 Å². The molecule has 12 heteroatoms. The van der Waals surface area contributed by atoms with Crippen LogP contribution in [0.2, 0.25) is 0 Å². The molecule has 0 saturated carbocycles. The first kappa shape index (κ1) is 30.8. The normalized spacial score (nSPS) is 14.0. The highest BCUT2D eigenvalue weighted by molar-refractivity contribution is 5.95. The molecular formula is C29H35N5O7. The highest BCUT2D eigenvalue weighted by atomic mass is 16.4. The first-order chi connectivity index (χ1) is 19.5. The van der Waals surface area contributed by atoms with Crippen molar-refractivity contribution in [3.8, 4) is 0 Å². The van der Waals surface area contributed by atoms with E-state index in [1.165, 1.54) is 0 Å². The maximum Gasteiger partial charge on any atom is 0.326 e. The Morgan fingerprint density at radius 1 is 0.805 bits per heavy atom. The number of hydrogen-bond donors (Lipinski definition) is 7. The van der Waals surface area contributed by atoms with Crippen LogP contribution in [0.25, 0.3) is 10.9 Å². The van der Waals surface area contributed by atoms with Crippen LogP contribution in [0.15, 0.2) is 60.8 Å². The van der Waals surface area contributed by atoms with Crippen LogP contribution in [0.4, 0.5) is 0 Å². The number of carboxylic acid groups (broad SMARTS) is 2. The number of aromatic amines is 1. The zero-order valence-corrected chi connectivity index (χ0v) is 22.8. The molecule has 3 aromatic rings. The van der Waals surface area contributed by atoms with E-state index in [-0.39, 0.29) is 12.8 Å². The van der Waals surface area contributed by atoms with Crippen molar-refractivity contribution in [2.75, 3.05) is 0 Å². The Bertz CT molecular complexity index is 1390. The van der Waals surface area contributed by atoms with Crippen LogP contribution < -0.4 is 21.7 Å². The second kappa shape index (κ2) is 14.1. The van der Waals surface area contributed by atoms with Crippen LogP contribution in [0.5, 0.6) is 0 Å². The Balaban J connectivity index is 1.90. The second-order valence-corrected chi connectivity index (χ2v) is 10.1. The fourth-order valence-corrected chi connectivity index (χ4v) is 4.39. The zero-order valence-electron chi connectivity index (χ0n) is 22.8. The van der Waals surface area contributed by atoms with E-state index in [9.17, 15) is 29.1 Å². The zero-order chi connectivity index (χ0) is 30.1. The Kier molecular flexibility index (Phi) is 10.6. The summed E-state index contributed by atoms with van der Waals surface area (Å²) in [6.07, 6.45) is 1.11. The molecule has 4 atom stereocenters. The molecule has 2 aromatic carbocycles. The summed E-state index contributed by atoms with van der Waals surface area (Å²) in [5, 5.41) is 27.1. The maximum absolute atomic E-state index is 13.7. The molecule has 0 radical (unpaired) electrons. The van der Waals surface area contributed by atoms with Crippen LogP contribution >= 0.6 is 0 Å². The Labute approximate surface area is 236 Å². The summed E-state index contributed by atoms with van der Waals surface area (Å²) in [4.78, 5) is 65.6. The lowest BCUT2D eigenvalue weighted by Gasteiger charge is -2.26. The average Bonchev–Trinajstić information content (AvgIpc) is 3.33. The van der Waals surface area contributed by atoms with E-state index in [0.29, 0.717) is 11.1 Å². The third-order valence-electron chi connectivity index (χ3n) is 6.61. The van der Waals surface area contributed by atoms with Crippen LogP contribution in [-0.2, 0) is 36.8 Å². The minimum absolute atomic E-state index is 0.00476. The van der Waals surface area contributed by atoms with E-state index in [1.54, 1.807) is 50.4 Å². The number of aromatic nitrogens is 1. The first-order valence-electron chi connectivity index (χ1n) is 13.2. The predicted molar refractivity (Wildman–Crippen MR) is 151 cm³/mol. The van der Waals surface area contributed by atoms with Crippen molar-refractivity contribution in [1.82, 2.24) is 20.9 Å². The van der Waals surface area contributed by atoms with Crippen LogP contribution in [0, 0.1) is 5.92 Å². The summed E-state index contributed by atoms with van der Waals surface area (Å²) in [6, 6.07) is 11.2. The van der Waals surface area contributed by atoms with Gasteiger partial charge < -0.3 is 36.9 Å². The molecule has 12 nitrogen and oxygen atoms in total. The number of aliphatic carboxylic acids is 2. The number of para-hydroxylation sites is 1. The van der Waals surface area contributed by atoms with E-state index in [1.807, 2.05) is 24.3 Å². The van der Waals surface area contributed by atoms with Gasteiger partial charge in [0, 0.05) is 29.9 Å². The average molecular weight is 566 g/mol. The fourth-order valence-electron chi connectivity index (χ4n) is 4.39. The third kappa shape index (κ3) is 8.64. The number of carboxylic acids is 2. The summed E-state index contributed by atoms with van der Waals surface area (Å²) in [5.74, 6) is -5.18. The number of hydrogen-bond acceptors (Lipinski definition) is 6. The lowest BCUT2D eigenvalue weighted by atomic mass is 10.00. The number of nitrogens with one attached hydrogen (secondary N) is 4. The molecule has 0 bridgehead atoms. The van der Waals surface area contributed by atoms with Gasteiger partial charge in [-0.2, -0.15) is 0 Å². The van der Waals surface area contributed by atoms with E-state index >= 15 is 0 Å². The molecule has 41 heavy (non-hydrogen) atoms. The van der Waals surface area contributed by atoms with E-state index in [0.717, 1.165) is 10.9 Å². The standard InChI is InChI=1S/C29H35N5O7/c1-16(2)25(29(40)41)34-28(39)22(12-17-8-4-3-5-9-17)33-27(38)23(32-26(37)20(30)14-24(35)36)13-18-15-31-21-11-7-6-10-19(18)21/h3-11,15-16,20,22-23,25,31H,12-14,30H2,1-2H3,(H,32,37)(H,33,38)(H,34,39)(H,35,36)(H,40,41). The molecule has 4 unspecified atom stereocenters. The van der Waals surface area contributed by atoms with Gasteiger partial charge in [-0.25, -0.2) is 4.79 Å². The first-order valence-corrected chi connectivity index (χ1v) is 13.2. The minimum Gasteiger partial charge on any atom is -0.481 e. The van der Waals surface area contributed by atoms with Gasteiger partial charge in [0.05, 0.1) is 12.5 Å². The number of fused-ring (bicyclic) bond motifs is 1. The van der Waals surface area contributed by atoms with E-state index in [4.69, 9.17) is 10.8 Å². The number of rotatable bonds is 14. The van der Waals surface area contributed by atoms with Crippen LogP contribution in [-0.4, -0.2) is 69.0 Å². The molecule has 0 spiro atoms. The number of nitrogens with two attached hydrogens (primary N) is 1. The van der Waals surface area contributed by atoms with Gasteiger partial charge in [-0.1, -0.05) is 62.4 Å². The van der Waals surface area contributed by atoms with Crippen molar-refractivity contribution in [2.45, 2.75) is 57.3 Å². The molecule has 0 aliphatic rings. The predicted octanol–water partition coefficient (Wildman–Crippen LogP) is 0.950. The SMILES string of the molecule is CC(C)C(NC(=O)C(Cc1ccccc1)NC(=O)C(Cc1c[nH]c2ccccc12)NC(=O)C(N)CC(=O)O)C(=O)O. The molecule has 1 aromatic heterocycles. The number of H-pyrrole nitrogens is 1. The van der Waals surface area contributed by atoms with Gasteiger partial charge in [0.2, 0.25) is 17.7 Å². The van der Waals surface area contributed by atoms with Crippen molar-refractivity contribution < 1.29 is 34.2 Å². The Hall–Kier alpha value is -4.71.